The van der Waals surface area contributed by atoms with Crippen LogP contribution >= 0.6 is 24.0 Å². The van der Waals surface area contributed by atoms with Gasteiger partial charge in [0.15, 0.2) is 5.96 Å². The molecule has 0 bridgehead atoms. The van der Waals surface area contributed by atoms with E-state index in [0.29, 0.717) is 0 Å². The predicted molar refractivity (Wildman–Crippen MR) is 99.5 cm³/mol. The summed E-state index contributed by atoms with van der Waals surface area (Å²) in [5, 5.41) is 6.74. The van der Waals surface area contributed by atoms with Crippen molar-refractivity contribution >= 4 is 29.9 Å². The number of rotatable bonds is 6. The molecule has 1 heterocycles. The zero-order valence-corrected chi connectivity index (χ0v) is 15.7. The number of hydrogen-bond donors (Lipinski definition) is 2. The van der Waals surface area contributed by atoms with E-state index >= 15 is 0 Å². The third-order valence-electron chi connectivity index (χ3n) is 4.09. The standard InChI is InChI=1S/C16H29N3O.HI/c1-3-17-15(18-11-9-14-7-4-5-8-14)19-13-16(2)10-6-12-20-16;/h7H,3-6,8-13H2,1-2H3,(H2,17,18,19);1H. The van der Waals surface area contributed by atoms with E-state index in [2.05, 4.69) is 35.5 Å². The van der Waals surface area contributed by atoms with Gasteiger partial charge in [-0.25, -0.2) is 0 Å². The number of allylic oxidation sites excluding steroid dienone is 1. The molecule has 122 valence electrons. The lowest BCUT2D eigenvalue weighted by atomic mass is 10.0. The van der Waals surface area contributed by atoms with Gasteiger partial charge in [-0.2, -0.15) is 0 Å². The lowest BCUT2D eigenvalue weighted by Crippen LogP contribution is -2.39. The van der Waals surface area contributed by atoms with Gasteiger partial charge in [-0.1, -0.05) is 11.6 Å². The normalized spacial score (nSPS) is 25.4. The predicted octanol–water partition coefficient (Wildman–Crippen LogP) is 3.23. The minimum Gasteiger partial charge on any atom is -0.373 e. The van der Waals surface area contributed by atoms with Gasteiger partial charge in [0.1, 0.15) is 0 Å². The summed E-state index contributed by atoms with van der Waals surface area (Å²) in [5.41, 5.74) is 1.54. The van der Waals surface area contributed by atoms with E-state index in [1.165, 1.54) is 19.3 Å². The molecule has 0 aromatic carbocycles. The molecule has 0 saturated carbocycles. The number of aliphatic imine (C=N–C) groups is 1. The van der Waals surface area contributed by atoms with Crippen molar-refractivity contribution in [1.29, 1.82) is 0 Å². The van der Waals surface area contributed by atoms with Crippen LogP contribution in [0.1, 0.15) is 52.4 Å². The summed E-state index contributed by atoms with van der Waals surface area (Å²) in [6.45, 7) is 7.75. The van der Waals surface area contributed by atoms with E-state index in [-0.39, 0.29) is 29.6 Å². The van der Waals surface area contributed by atoms with Crippen molar-refractivity contribution in [1.82, 2.24) is 10.6 Å². The number of nitrogens with one attached hydrogen (secondary N) is 2. The highest BCUT2D eigenvalue weighted by molar-refractivity contribution is 14.0. The van der Waals surface area contributed by atoms with Gasteiger partial charge < -0.3 is 15.4 Å². The zero-order chi connectivity index (χ0) is 14.3. The maximum absolute atomic E-state index is 5.78. The lowest BCUT2D eigenvalue weighted by molar-refractivity contribution is 0.0283. The van der Waals surface area contributed by atoms with Crippen molar-refractivity contribution in [3.8, 4) is 0 Å². The Morgan fingerprint density at radius 1 is 1.38 bits per heavy atom. The molecule has 1 atom stereocenters. The maximum atomic E-state index is 5.78. The van der Waals surface area contributed by atoms with Crippen molar-refractivity contribution in [3.05, 3.63) is 11.6 Å². The molecule has 1 aliphatic heterocycles. The van der Waals surface area contributed by atoms with Gasteiger partial charge in [-0.3, -0.25) is 4.99 Å². The van der Waals surface area contributed by atoms with Crippen LogP contribution in [0, 0.1) is 0 Å². The van der Waals surface area contributed by atoms with Crippen LogP contribution in [0.4, 0.5) is 0 Å². The Morgan fingerprint density at radius 3 is 2.86 bits per heavy atom. The third-order valence-corrected chi connectivity index (χ3v) is 4.09. The fourth-order valence-electron chi connectivity index (χ4n) is 2.86. The first-order chi connectivity index (χ1) is 9.72. The highest BCUT2D eigenvalue weighted by Crippen LogP contribution is 2.25. The minimum absolute atomic E-state index is 0. The van der Waals surface area contributed by atoms with Crippen LogP contribution in [0.15, 0.2) is 16.6 Å². The Hall–Kier alpha value is -0.300. The largest absolute Gasteiger partial charge is 0.373 e. The molecule has 2 aliphatic rings. The molecule has 1 aliphatic carbocycles. The van der Waals surface area contributed by atoms with Crippen molar-refractivity contribution in [2.75, 3.05) is 26.2 Å². The Labute approximate surface area is 146 Å². The second kappa shape index (κ2) is 9.66. The van der Waals surface area contributed by atoms with Gasteiger partial charge in [0.25, 0.3) is 0 Å². The minimum atomic E-state index is -0.0592. The zero-order valence-electron chi connectivity index (χ0n) is 13.4. The SMILES string of the molecule is CCNC(=NCC1(C)CCCO1)NCCC1=CCCC1.I. The molecule has 1 fully saturated rings. The molecule has 0 radical (unpaired) electrons. The average Bonchev–Trinajstić information content (AvgIpc) is 3.08. The molecule has 2 rings (SSSR count). The van der Waals surface area contributed by atoms with Crippen molar-refractivity contribution in [2.24, 2.45) is 4.99 Å². The van der Waals surface area contributed by atoms with Gasteiger partial charge >= 0.3 is 0 Å². The number of nitrogens with zero attached hydrogens (tertiary/aromatic N) is 1. The van der Waals surface area contributed by atoms with E-state index in [1.54, 1.807) is 5.57 Å². The van der Waals surface area contributed by atoms with Crippen LogP contribution in [0.3, 0.4) is 0 Å². The quantitative estimate of drug-likeness (QED) is 0.308. The Balaban J connectivity index is 0.00000220. The summed E-state index contributed by atoms with van der Waals surface area (Å²) in [7, 11) is 0. The van der Waals surface area contributed by atoms with E-state index in [0.717, 1.165) is 51.5 Å². The van der Waals surface area contributed by atoms with Crippen LogP contribution in [0.5, 0.6) is 0 Å². The molecule has 0 aromatic rings. The fourth-order valence-corrected chi connectivity index (χ4v) is 2.86. The second-order valence-corrected chi connectivity index (χ2v) is 6.03. The number of hydrogen-bond acceptors (Lipinski definition) is 2. The number of guanidine groups is 1. The van der Waals surface area contributed by atoms with Crippen molar-refractivity contribution in [3.63, 3.8) is 0 Å². The van der Waals surface area contributed by atoms with Gasteiger partial charge in [-0.15, -0.1) is 24.0 Å². The molecule has 0 spiro atoms. The summed E-state index contributed by atoms with van der Waals surface area (Å²) < 4.78 is 5.78. The van der Waals surface area contributed by atoms with E-state index in [1.807, 2.05) is 0 Å². The van der Waals surface area contributed by atoms with Crippen molar-refractivity contribution < 1.29 is 4.74 Å². The topological polar surface area (TPSA) is 45.7 Å². The third kappa shape index (κ3) is 6.55. The molecule has 1 saturated heterocycles. The molecule has 5 heteroatoms. The monoisotopic (exact) mass is 407 g/mol. The van der Waals surface area contributed by atoms with E-state index < -0.39 is 0 Å². The average molecular weight is 407 g/mol. The molecule has 0 aromatic heterocycles. The first-order valence-corrected chi connectivity index (χ1v) is 8.06. The summed E-state index contributed by atoms with van der Waals surface area (Å²) in [4.78, 5) is 4.68. The smallest absolute Gasteiger partial charge is 0.191 e. The van der Waals surface area contributed by atoms with Gasteiger partial charge in [0.05, 0.1) is 12.1 Å². The molecular formula is C16H30IN3O. The molecule has 21 heavy (non-hydrogen) atoms. The Morgan fingerprint density at radius 2 is 2.24 bits per heavy atom. The van der Waals surface area contributed by atoms with Crippen LogP contribution in [0.25, 0.3) is 0 Å². The molecule has 2 N–H and O–H groups in total. The number of halogens is 1. The van der Waals surface area contributed by atoms with E-state index in [4.69, 9.17) is 4.74 Å². The van der Waals surface area contributed by atoms with Gasteiger partial charge in [-0.05, 0) is 52.4 Å². The Kier molecular flexibility index (Phi) is 8.63. The van der Waals surface area contributed by atoms with Crippen molar-refractivity contribution in [2.45, 2.75) is 58.0 Å². The maximum Gasteiger partial charge on any atom is 0.191 e. The summed E-state index contributed by atoms with van der Waals surface area (Å²) in [6, 6.07) is 0. The lowest BCUT2D eigenvalue weighted by Gasteiger charge is -2.21. The number of ether oxygens (including phenoxy) is 1. The highest BCUT2D eigenvalue weighted by atomic mass is 127. The van der Waals surface area contributed by atoms with Gasteiger partial charge in [0, 0.05) is 19.7 Å². The fraction of sp³-hybridized carbons (Fsp3) is 0.812. The summed E-state index contributed by atoms with van der Waals surface area (Å²) >= 11 is 0. The molecule has 0 amide bonds. The van der Waals surface area contributed by atoms with Gasteiger partial charge in [0.2, 0.25) is 0 Å². The molecule has 1 unspecified atom stereocenters. The molecular weight excluding hydrogens is 377 g/mol. The first-order valence-electron chi connectivity index (χ1n) is 8.06. The summed E-state index contributed by atoms with van der Waals surface area (Å²) in [6.07, 6.45) is 9.67. The highest BCUT2D eigenvalue weighted by Gasteiger charge is 2.29. The Bertz CT molecular complexity index is 363. The first kappa shape index (κ1) is 18.7. The van der Waals surface area contributed by atoms with Crippen LogP contribution in [0.2, 0.25) is 0 Å². The van der Waals surface area contributed by atoms with Crippen LogP contribution in [-0.4, -0.2) is 37.8 Å². The van der Waals surface area contributed by atoms with Crippen LogP contribution < -0.4 is 10.6 Å². The van der Waals surface area contributed by atoms with Crippen LogP contribution in [-0.2, 0) is 4.74 Å². The summed E-state index contributed by atoms with van der Waals surface area (Å²) in [5.74, 6) is 0.919. The van der Waals surface area contributed by atoms with E-state index in [9.17, 15) is 0 Å². The molecule has 4 nitrogen and oxygen atoms in total. The second-order valence-electron chi connectivity index (χ2n) is 6.03.